The van der Waals surface area contributed by atoms with Crippen molar-refractivity contribution in [2.45, 2.75) is 30.8 Å². The molecule has 3 unspecified atom stereocenters. The molecule has 0 aromatic heterocycles. The maximum atomic E-state index is 12.9. The van der Waals surface area contributed by atoms with Crippen LogP contribution in [0.5, 0.6) is 0 Å². The highest BCUT2D eigenvalue weighted by molar-refractivity contribution is 7.98. The third-order valence-corrected chi connectivity index (χ3v) is 5.62. The molecule has 29 heavy (non-hydrogen) atoms. The minimum absolute atomic E-state index is 0.172. The Morgan fingerprint density at radius 3 is 2.48 bits per heavy atom. The van der Waals surface area contributed by atoms with Crippen LogP contribution >= 0.6 is 24.4 Å². The van der Waals surface area contributed by atoms with E-state index in [0.29, 0.717) is 23.3 Å². The number of carboxylic acids is 1. The van der Waals surface area contributed by atoms with E-state index in [1.807, 2.05) is 49.6 Å². The number of hydrogen-bond donors (Lipinski definition) is 5. The van der Waals surface area contributed by atoms with E-state index in [2.05, 4.69) is 23.3 Å². The lowest BCUT2D eigenvalue weighted by Gasteiger charge is -2.20. The molecule has 156 valence electrons. The van der Waals surface area contributed by atoms with Crippen molar-refractivity contribution in [2.75, 3.05) is 17.3 Å². The number of thioether (sulfide) groups is 1. The van der Waals surface area contributed by atoms with Crippen LogP contribution in [0, 0.1) is 0 Å². The molecule has 1 amide bonds. The van der Waals surface area contributed by atoms with Crippen molar-refractivity contribution in [1.82, 2.24) is 5.32 Å². The summed E-state index contributed by atoms with van der Waals surface area (Å²) in [5.74, 6) is -0.813. The van der Waals surface area contributed by atoms with Gasteiger partial charge in [-0.15, -0.1) is 0 Å². The molecule has 0 fully saturated rings. The van der Waals surface area contributed by atoms with Crippen LogP contribution in [-0.4, -0.2) is 46.4 Å². The van der Waals surface area contributed by atoms with Crippen molar-refractivity contribution in [2.24, 2.45) is 5.73 Å². The first-order valence-electron chi connectivity index (χ1n) is 9.25. The molecule has 0 saturated carbocycles. The van der Waals surface area contributed by atoms with Gasteiger partial charge in [-0.1, -0.05) is 30.3 Å². The fourth-order valence-electron chi connectivity index (χ4n) is 2.72. The van der Waals surface area contributed by atoms with E-state index in [1.54, 1.807) is 12.1 Å². The van der Waals surface area contributed by atoms with Gasteiger partial charge >= 0.3 is 5.97 Å². The topological polar surface area (TPSA) is 104 Å². The lowest BCUT2D eigenvalue weighted by Crippen LogP contribution is -2.41. The zero-order chi connectivity index (χ0) is 21.4. The predicted molar refractivity (Wildman–Crippen MR) is 124 cm³/mol. The van der Waals surface area contributed by atoms with Gasteiger partial charge in [0.25, 0.3) is 5.91 Å². The zero-order valence-electron chi connectivity index (χ0n) is 16.5. The van der Waals surface area contributed by atoms with Crippen LogP contribution in [-0.2, 0) is 4.79 Å². The highest BCUT2D eigenvalue weighted by atomic mass is 32.2. The first-order valence-corrected chi connectivity index (χ1v) is 11.2. The number of nitrogens with one attached hydrogen (secondary N) is 2. The summed E-state index contributed by atoms with van der Waals surface area (Å²) < 4.78 is 0. The number of hydrogen-bond acceptors (Lipinski definition) is 6. The van der Waals surface area contributed by atoms with Crippen LogP contribution < -0.4 is 16.4 Å². The van der Waals surface area contributed by atoms with Gasteiger partial charge in [0.05, 0.1) is 5.37 Å². The molecule has 0 spiro atoms. The Kier molecular flexibility index (Phi) is 8.88. The molecule has 0 saturated heterocycles. The summed E-state index contributed by atoms with van der Waals surface area (Å²) in [6.45, 7) is 1.85. The molecule has 0 bridgehead atoms. The van der Waals surface area contributed by atoms with Gasteiger partial charge in [-0.3, -0.25) is 4.79 Å². The molecular weight excluding hydrogens is 406 g/mol. The van der Waals surface area contributed by atoms with Crippen LogP contribution in [0.15, 0.2) is 48.5 Å². The predicted octanol–water partition coefficient (Wildman–Crippen LogP) is 3.30. The monoisotopic (exact) mass is 433 g/mol. The highest BCUT2D eigenvalue weighted by Crippen LogP contribution is 2.28. The molecule has 0 aliphatic heterocycles. The number of carboxylic acid groups (broad SMARTS) is 1. The molecule has 0 heterocycles. The second-order valence-corrected chi connectivity index (χ2v) is 8.26. The molecule has 5 N–H and O–H groups in total. The summed E-state index contributed by atoms with van der Waals surface area (Å²) in [6, 6.07) is 13.7. The van der Waals surface area contributed by atoms with Crippen molar-refractivity contribution in [1.29, 1.82) is 0 Å². The van der Waals surface area contributed by atoms with Crippen molar-refractivity contribution in [3.8, 4) is 11.1 Å². The number of anilines is 1. The van der Waals surface area contributed by atoms with Crippen molar-refractivity contribution in [3.05, 3.63) is 54.1 Å². The number of benzene rings is 2. The summed E-state index contributed by atoms with van der Waals surface area (Å²) in [5, 5.41) is 15.0. The summed E-state index contributed by atoms with van der Waals surface area (Å²) >= 11 is 5.98. The smallest absolute Gasteiger partial charge is 0.326 e. The Labute approximate surface area is 181 Å². The van der Waals surface area contributed by atoms with Crippen molar-refractivity contribution >= 4 is 42.0 Å². The molecule has 8 heteroatoms. The molecule has 0 radical (unpaired) electrons. The van der Waals surface area contributed by atoms with E-state index in [-0.39, 0.29) is 11.4 Å². The van der Waals surface area contributed by atoms with Gasteiger partial charge in [0.2, 0.25) is 0 Å². The van der Waals surface area contributed by atoms with E-state index in [4.69, 9.17) is 5.73 Å². The van der Waals surface area contributed by atoms with Gasteiger partial charge in [-0.05, 0) is 54.7 Å². The number of aliphatic carboxylic acids is 1. The number of carbonyl (C=O) groups is 2. The average Bonchev–Trinajstić information content (AvgIpc) is 2.71. The standard InChI is InChI=1S/C21H27N3O3S2/c1-13(22)20(28)23-15-8-9-16(17(12-15)14-6-4-3-5-7-14)19(25)24-18(21(26)27)10-11-29-2/h3-9,12-13,18,20,23,28H,10-11,22H2,1-2H3,(H,24,25)(H,26,27). The third kappa shape index (κ3) is 6.69. The molecule has 6 nitrogen and oxygen atoms in total. The SMILES string of the molecule is CSCCC(NC(=O)c1ccc(NC(S)C(C)N)cc1-c1ccccc1)C(=O)O. The maximum absolute atomic E-state index is 12.9. The lowest BCUT2D eigenvalue weighted by atomic mass is 9.98. The Balaban J connectivity index is 2.36. The van der Waals surface area contributed by atoms with Crippen LogP contribution in [0.2, 0.25) is 0 Å². The Morgan fingerprint density at radius 1 is 1.21 bits per heavy atom. The number of carbonyl (C=O) groups excluding carboxylic acids is 1. The Morgan fingerprint density at radius 2 is 1.90 bits per heavy atom. The van der Waals surface area contributed by atoms with Crippen LogP contribution in [0.4, 0.5) is 5.69 Å². The largest absolute Gasteiger partial charge is 0.480 e. The van der Waals surface area contributed by atoms with Crippen LogP contribution in [0.3, 0.4) is 0 Å². The van der Waals surface area contributed by atoms with Crippen LogP contribution in [0.1, 0.15) is 23.7 Å². The van der Waals surface area contributed by atoms with E-state index in [9.17, 15) is 14.7 Å². The summed E-state index contributed by atoms with van der Waals surface area (Å²) in [6.07, 6.45) is 2.26. The van der Waals surface area contributed by atoms with E-state index in [1.165, 1.54) is 11.8 Å². The minimum atomic E-state index is -1.04. The summed E-state index contributed by atoms with van der Waals surface area (Å²) in [5.41, 5.74) is 8.61. The van der Waals surface area contributed by atoms with E-state index in [0.717, 1.165) is 11.3 Å². The normalized spacial score (nSPS) is 13.9. The fraction of sp³-hybridized carbons (Fsp3) is 0.333. The zero-order valence-corrected chi connectivity index (χ0v) is 18.2. The third-order valence-electron chi connectivity index (χ3n) is 4.38. The van der Waals surface area contributed by atoms with Gasteiger partial charge in [0.1, 0.15) is 6.04 Å². The number of amides is 1. The first kappa shape index (κ1) is 23.1. The maximum Gasteiger partial charge on any atom is 0.326 e. The van der Waals surface area contributed by atoms with E-state index < -0.39 is 17.9 Å². The molecule has 0 aliphatic carbocycles. The number of rotatable bonds is 10. The van der Waals surface area contributed by atoms with Crippen molar-refractivity contribution in [3.63, 3.8) is 0 Å². The molecule has 2 aromatic carbocycles. The summed E-state index contributed by atoms with van der Waals surface area (Å²) in [4.78, 5) is 24.4. The molecule has 3 atom stereocenters. The summed E-state index contributed by atoms with van der Waals surface area (Å²) in [7, 11) is 0. The van der Waals surface area contributed by atoms with Gasteiger partial charge in [-0.25, -0.2) is 4.79 Å². The fourth-order valence-corrected chi connectivity index (χ4v) is 3.34. The van der Waals surface area contributed by atoms with Gasteiger partial charge in [-0.2, -0.15) is 24.4 Å². The molecule has 0 aliphatic rings. The second kappa shape index (κ2) is 11.1. The molecule has 2 aromatic rings. The van der Waals surface area contributed by atoms with Gasteiger partial charge in [0, 0.05) is 17.3 Å². The number of nitrogens with two attached hydrogens (primary N) is 1. The van der Waals surface area contributed by atoms with E-state index >= 15 is 0 Å². The first-order chi connectivity index (χ1) is 13.8. The number of thiol groups is 1. The average molecular weight is 434 g/mol. The molecular formula is C21H27N3O3S2. The quantitative estimate of drug-likeness (QED) is 0.291. The Bertz CT molecular complexity index is 831. The van der Waals surface area contributed by atoms with Gasteiger partial charge in [0.15, 0.2) is 0 Å². The lowest BCUT2D eigenvalue weighted by molar-refractivity contribution is -0.139. The minimum Gasteiger partial charge on any atom is -0.480 e. The second-order valence-electron chi connectivity index (χ2n) is 6.72. The molecule has 2 rings (SSSR count). The Hall–Kier alpha value is -2.16. The van der Waals surface area contributed by atoms with Gasteiger partial charge < -0.3 is 21.5 Å². The van der Waals surface area contributed by atoms with Crippen LogP contribution in [0.25, 0.3) is 11.1 Å². The van der Waals surface area contributed by atoms with Crippen molar-refractivity contribution < 1.29 is 14.7 Å². The highest BCUT2D eigenvalue weighted by Gasteiger charge is 2.22.